The zero-order chi connectivity index (χ0) is 11.3. The lowest BCUT2D eigenvalue weighted by molar-refractivity contribution is -0.140. The Kier molecular flexibility index (Phi) is 4.31. The van der Waals surface area contributed by atoms with E-state index in [4.69, 9.17) is 5.11 Å². The van der Waals surface area contributed by atoms with Gasteiger partial charge in [0.25, 0.3) is 0 Å². The number of aliphatic carboxylic acids is 1. The molecule has 1 aromatic rings. The van der Waals surface area contributed by atoms with Gasteiger partial charge in [-0.1, -0.05) is 31.2 Å². The normalized spacial score (nSPS) is 12.4. The van der Waals surface area contributed by atoms with Crippen LogP contribution in [0.4, 0.5) is 0 Å². The Morgan fingerprint density at radius 3 is 2.73 bits per heavy atom. The maximum absolute atomic E-state index is 10.6. The monoisotopic (exact) mass is 207 g/mol. The SMILES string of the molecule is Cc1ccccc1CNCC(C)C(=O)O. The summed E-state index contributed by atoms with van der Waals surface area (Å²) >= 11 is 0. The average Bonchev–Trinajstić information content (AvgIpc) is 2.20. The van der Waals surface area contributed by atoms with Gasteiger partial charge in [-0.05, 0) is 18.1 Å². The van der Waals surface area contributed by atoms with Crippen molar-refractivity contribution in [1.82, 2.24) is 5.32 Å². The zero-order valence-corrected chi connectivity index (χ0v) is 9.16. The van der Waals surface area contributed by atoms with E-state index in [1.165, 1.54) is 11.1 Å². The van der Waals surface area contributed by atoms with Gasteiger partial charge in [-0.2, -0.15) is 0 Å². The van der Waals surface area contributed by atoms with Crippen LogP contribution in [0.5, 0.6) is 0 Å². The van der Waals surface area contributed by atoms with Crippen LogP contribution in [-0.4, -0.2) is 17.6 Å². The highest BCUT2D eigenvalue weighted by molar-refractivity contribution is 5.69. The second-order valence-electron chi connectivity index (χ2n) is 3.80. The fraction of sp³-hybridized carbons (Fsp3) is 0.417. The van der Waals surface area contributed by atoms with Crippen molar-refractivity contribution in [3.63, 3.8) is 0 Å². The molecule has 0 heterocycles. The molecule has 0 bridgehead atoms. The molecule has 0 radical (unpaired) electrons. The molecule has 82 valence electrons. The number of aryl methyl sites for hydroxylation is 1. The fourth-order valence-electron chi connectivity index (χ4n) is 1.32. The highest BCUT2D eigenvalue weighted by Crippen LogP contribution is 2.06. The quantitative estimate of drug-likeness (QED) is 0.774. The molecule has 3 heteroatoms. The summed E-state index contributed by atoms with van der Waals surface area (Å²) in [5.41, 5.74) is 2.45. The van der Waals surface area contributed by atoms with Crippen molar-refractivity contribution in [2.75, 3.05) is 6.54 Å². The van der Waals surface area contributed by atoms with E-state index in [0.29, 0.717) is 6.54 Å². The van der Waals surface area contributed by atoms with E-state index < -0.39 is 5.97 Å². The maximum atomic E-state index is 10.6. The number of hydrogen-bond donors (Lipinski definition) is 2. The van der Waals surface area contributed by atoms with Gasteiger partial charge >= 0.3 is 5.97 Å². The predicted octanol–water partition coefficient (Wildman–Crippen LogP) is 1.81. The van der Waals surface area contributed by atoms with Crippen molar-refractivity contribution in [3.05, 3.63) is 35.4 Å². The van der Waals surface area contributed by atoms with Crippen LogP contribution in [0.1, 0.15) is 18.1 Å². The minimum absolute atomic E-state index is 0.339. The van der Waals surface area contributed by atoms with Gasteiger partial charge in [0.1, 0.15) is 0 Å². The van der Waals surface area contributed by atoms with E-state index in [0.717, 1.165) is 6.54 Å². The summed E-state index contributed by atoms with van der Waals surface area (Å²) in [5.74, 6) is -1.10. The first-order valence-corrected chi connectivity index (χ1v) is 5.09. The van der Waals surface area contributed by atoms with Gasteiger partial charge in [0, 0.05) is 13.1 Å². The van der Waals surface area contributed by atoms with E-state index in [-0.39, 0.29) is 5.92 Å². The summed E-state index contributed by atoms with van der Waals surface area (Å²) in [5, 5.41) is 11.8. The van der Waals surface area contributed by atoms with Crippen LogP contribution in [0.25, 0.3) is 0 Å². The molecule has 0 spiro atoms. The molecule has 0 aliphatic heterocycles. The van der Waals surface area contributed by atoms with Crippen molar-refractivity contribution < 1.29 is 9.90 Å². The van der Waals surface area contributed by atoms with Crippen molar-refractivity contribution in [1.29, 1.82) is 0 Å². The number of benzene rings is 1. The molecule has 0 fully saturated rings. The molecule has 3 nitrogen and oxygen atoms in total. The minimum atomic E-state index is -0.757. The lowest BCUT2D eigenvalue weighted by Gasteiger charge is -2.09. The largest absolute Gasteiger partial charge is 0.481 e. The molecule has 1 aromatic carbocycles. The van der Waals surface area contributed by atoms with E-state index in [1.807, 2.05) is 18.2 Å². The highest BCUT2D eigenvalue weighted by atomic mass is 16.4. The lowest BCUT2D eigenvalue weighted by atomic mass is 10.1. The van der Waals surface area contributed by atoms with Crippen molar-refractivity contribution in [2.24, 2.45) is 5.92 Å². The molecule has 0 aliphatic rings. The van der Waals surface area contributed by atoms with Crippen LogP contribution in [0.3, 0.4) is 0 Å². The van der Waals surface area contributed by atoms with Crippen LogP contribution in [0.2, 0.25) is 0 Å². The second-order valence-corrected chi connectivity index (χ2v) is 3.80. The fourth-order valence-corrected chi connectivity index (χ4v) is 1.32. The molecular formula is C12H17NO2. The molecule has 0 saturated carbocycles. The van der Waals surface area contributed by atoms with Crippen molar-refractivity contribution in [2.45, 2.75) is 20.4 Å². The van der Waals surface area contributed by atoms with Crippen molar-refractivity contribution in [3.8, 4) is 0 Å². The summed E-state index contributed by atoms with van der Waals surface area (Å²) in [6.07, 6.45) is 0. The average molecular weight is 207 g/mol. The summed E-state index contributed by atoms with van der Waals surface area (Å²) in [6.45, 7) is 4.98. The summed E-state index contributed by atoms with van der Waals surface area (Å²) in [6, 6.07) is 8.09. The predicted molar refractivity (Wildman–Crippen MR) is 59.7 cm³/mol. The third kappa shape index (κ3) is 3.72. The van der Waals surface area contributed by atoms with E-state index in [2.05, 4.69) is 18.3 Å². The Bertz CT molecular complexity index is 336. The first kappa shape index (κ1) is 11.7. The summed E-state index contributed by atoms with van der Waals surface area (Å²) < 4.78 is 0. The number of carbonyl (C=O) groups is 1. The Labute approximate surface area is 90.1 Å². The second kappa shape index (κ2) is 5.51. The van der Waals surface area contributed by atoms with Crippen molar-refractivity contribution >= 4 is 5.97 Å². The molecule has 1 rings (SSSR count). The number of hydrogen-bond acceptors (Lipinski definition) is 2. The zero-order valence-electron chi connectivity index (χ0n) is 9.16. The van der Waals surface area contributed by atoms with Crippen LogP contribution in [0, 0.1) is 12.8 Å². The van der Waals surface area contributed by atoms with Crippen LogP contribution < -0.4 is 5.32 Å². The molecule has 0 saturated heterocycles. The molecule has 0 aliphatic carbocycles. The lowest BCUT2D eigenvalue weighted by Crippen LogP contribution is -2.26. The third-order valence-corrected chi connectivity index (χ3v) is 2.45. The molecule has 1 atom stereocenters. The smallest absolute Gasteiger partial charge is 0.307 e. The summed E-state index contributed by atoms with van der Waals surface area (Å²) in [4.78, 5) is 10.6. The Balaban J connectivity index is 2.38. The standard InChI is InChI=1S/C12H17NO2/c1-9-5-3-4-6-11(9)8-13-7-10(2)12(14)15/h3-6,10,13H,7-8H2,1-2H3,(H,14,15). The molecule has 15 heavy (non-hydrogen) atoms. The summed E-state index contributed by atoms with van der Waals surface area (Å²) in [7, 11) is 0. The van der Waals surface area contributed by atoms with Gasteiger partial charge in [0.05, 0.1) is 5.92 Å². The van der Waals surface area contributed by atoms with Gasteiger partial charge in [-0.25, -0.2) is 0 Å². The van der Waals surface area contributed by atoms with Gasteiger partial charge in [0.15, 0.2) is 0 Å². The molecule has 2 N–H and O–H groups in total. The number of carboxylic acid groups (broad SMARTS) is 1. The van der Waals surface area contributed by atoms with E-state index >= 15 is 0 Å². The maximum Gasteiger partial charge on any atom is 0.307 e. The van der Waals surface area contributed by atoms with Gasteiger partial charge in [-0.15, -0.1) is 0 Å². The molecule has 0 aromatic heterocycles. The minimum Gasteiger partial charge on any atom is -0.481 e. The Hall–Kier alpha value is -1.35. The third-order valence-electron chi connectivity index (χ3n) is 2.45. The van der Waals surface area contributed by atoms with Crippen LogP contribution >= 0.6 is 0 Å². The Morgan fingerprint density at radius 1 is 1.47 bits per heavy atom. The number of rotatable bonds is 5. The first-order valence-electron chi connectivity index (χ1n) is 5.09. The Morgan fingerprint density at radius 2 is 2.13 bits per heavy atom. The van der Waals surface area contributed by atoms with Gasteiger partial charge in [0.2, 0.25) is 0 Å². The van der Waals surface area contributed by atoms with E-state index in [1.54, 1.807) is 6.92 Å². The van der Waals surface area contributed by atoms with E-state index in [9.17, 15) is 4.79 Å². The first-order chi connectivity index (χ1) is 7.11. The highest BCUT2D eigenvalue weighted by Gasteiger charge is 2.09. The molecule has 0 amide bonds. The van der Waals surface area contributed by atoms with Gasteiger partial charge in [-0.3, -0.25) is 4.79 Å². The molecule has 1 unspecified atom stereocenters. The molecular weight excluding hydrogens is 190 g/mol. The van der Waals surface area contributed by atoms with Crippen LogP contribution in [-0.2, 0) is 11.3 Å². The van der Waals surface area contributed by atoms with Crippen LogP contribution in [0.15, 0.2) is 24.3 Å². The topological polar surface area (TPSA) is 49.3 Å². The number of carboxylic acids is 1. The number of nitrogens with one attached hydrogen (secondary N) is 1. The van der Waals surface area contributed by atoms with Gasteiger partial charge < -0.3 is 10.4 Å².